The lowest BCUT2D eigenvalue weighted by atomic mass is 9.99. The molecule has 0 saturated carbocycles. The van der Waals surface area contributed by atoms with Gasteiger partial charge < -0.3 is 9.30 Å². The normalized spacial score (nSPS) is 16.6. The minimum absolute atomic E-state index is 0.0810. The number of ether oxygens (including phenoxy) is 1. The number of carbonyl (C=O) groups is 3. The molecule has 5 rings (SSSR count). The fraction of sp³-hybridized carbons (Fsp3) is 0.355. The van der Waals surface area contributed by atoms with Crippen LogP contribution in [0, 0.1) is 5.92 Å². The zero-order valence-electron chi connectivity index (χ0n) is 24.3. The molecular formula is C31H35N5O5S2. The van der Waals surface area contributed by atoms with Crippen LogP contribution in [0.1, 0.15) is 61.0 Å². The SMILES string of the molecule is CC(C)(C)OC(=O)N1C=CC(Cn2ccc(C(=O)Nc3nc(-c4ccc(CC(=O)NO)s4)cs3)c2C2=CCCC=C2)CC1. The summed E-state index contributed by atoms with van der Waals surface area (Å²) in [7, 11) is 0. The highest BCUT2D eigenvalue weighted by atomic mass is 32.1. The van der Waals surface area contributed by atoms with Gasteiger partial charge in [0, 0.05) is 35.7 Å². The topological polar surface area (TPSA) is 126 Å². The first-order valence-electron chi connectivity index (χ1n) is 14.1. The van der Waals surface area contributed by atoms with Crippen molar-refractivity contribution in [3.63, 3.8) is 0 Å². The number of hydroxylamine groups is 1. The molecule has 10 nitrogen and oxygen atoms in total. The summed E-state index contributed by atoms with van der Waals surface area (Å²) in [5, 5.41) is 14.1. The molecule has 0 radical (unpaired) electrons. The molecule has 0 saturated heterocycles. The van der Waals surface area contributed by atoms with Gasteiger partial charge in [-0.2, -0.15) is 0 Å². The maximum absolute atomic E-state index is 13.6. The third-order valence-corrected chi connectivity index (χ3v) is 8.78. The lowest BCUT2D eigenvalue weighted by Gasteiger charge is -2.29. The molecule has 12 heteroatoms. The first-order chi connectivity index (χ1) is 20.6. The Balaban J connectivity index is 1.30. The van der Waals surface area contributed by atoms with E-state index >= 15 is 0 Å². The second-order valence-corrected chi connectivity index (χ2v) is 13.4. The van der Waals surface area contributed by atoms with E-state index in [2.05, 4.69) is 33.1 Å². The van der Waals surface area contributed by atoms with E-state index in [1.165, 1.54) is 22.7 Å². The Morgan fingerprint density at radius 1 is 1.19 bits per heavy atom. The van der Waals surface area contributed by atoms with Crippen molar-refractivity contribution in [2.24, 2.45) is 5.92 Å². The molecule has 0 spiro atoms. The van der Waals surface area contributed by atoms with E-state index < -0.39 is 11.5 Å². The molecule has 1 aliphatic heterocycles. The number of aromatic nitrogens is 2. The molecule has 3 aromatic heterocycles. The smallest absolute Gasteiger partial charge is 0.414 e. The van der Waals surface area contributed by atoms with Crippen molar-refractivity contribution in [1.82, 2.24) is 19.9 Å². The summed E-state index contributed by atoms with van der Waals surface area (Å²) >= 11 is 2.74. The largest absolute Gasteiger partial charge is 0.443 e. The predicted molar refractivity (Wildman–Crippen MR) is 168 cm³/mol. The van der Waals surface area contributed by atoms with Gasteiger partial charge in [-0.25, -0.2) is 15.3 Å². The van der Waals surface area contributed by atoms with Gasteiger partial charge in [-0.15, -0.1) is 22.7 Å². The van der Waals surface area contributed by atoms with Gasteiger partial charge >= 0.3 is 6.09 Å². The third-order valence-electron chi connectivity index (χ3n) is 6.91. The van der Waals surface area contributed by atoms with Crippen molar-refractivity contribution in [3.05, 3.63) is 76.4 Å². The van der Waals surface area contributed by atoms with Gasteiger partial charge in [0.15, 0.2) is 5.13 Å². The van der Waals surface area contributed by atoms with Crippen LogP contribution in [-0.4, -0.2) is 49.7 Å². The number of hydrogen-bond donors (Lipinski definition) is 3. The third kappa shape index (κ3) is 7.70. The van der Waals surface area contributed by atoms with Crippen LogP contribution in [0.5, 0.6) is 0 Å². The van der Waals surface area contributed by atoms with Crippen LogP contribution >= 0.6 is 22.7 Å². The van der Waals surface area contributed by atoms with Crippen molar-refractivity contribution in [3.8, 4) is 10.6 Å². The molecular weight excluding hydrogens is 587 g/mol. The summed E-state index contributed by atoms with van der Waals surface area (Å²) in [5.41, 5.74) is 4.24. The molecule has 3 amide bonds. The standard InChI is InChI=1S/C31H35N5O5S2/c1-31(2,3)41-30(39)35-14-11-20(12-15-35)18-36-16-13-23(27(36)21-7-5-4-6-8-21)28(38)33-29-32-24(19-42-29)25-10-9-22(43-25)17-26(37)34-40/h5,7-11,13-14,16,19-20,40H,4,6,12,15,17-18H2,1-3H3,(H,34,37)(H,32,33,38). The number of nitrogens with zero attached hydrogens (tertiary/aromatic N) is 3. The van der Waals surface area contributed by atoms with E-state index in [1.807, 2.05) is 56.6 Å². The Morgan fingerprint density at radius 2 is 2.02 bits per heavy atom. The molecule has 43 heavy (non-hydrogen) atoms. The highest BCUT2D eigenvalue weighted by Gasteiger charge is 2.26. The Kier molecular flexibility index (Phi) is 9.28. The monoisotopic (exact) mass is 621 g/mol. The summed E-state index contributed by atoms with van der Waals surface area (Å²) in [6.45, 7) is 6.80. The van der Waals surface area contributed by atoms with E-state index in [1.54, 1.807) is 16.6 Å². The van der Waals surface area contributed by atoms with Crippen molar-refractivity contribution in [2.45, 2.75) is 58.6 Å². The molecule has 1 unspecified atom stereocenters. The van der Waals surface area contributed by atoms with Gasteiger partial charge in [0.05, 0.1) is 28.2 Å². The maximum atomic E-state index is 13.6. The highest BCUT2D eigenvalue weighted by Crippen LogP contribution is 2.33. The quantitative estimate of drug-likeness (QED) is 0.195. The number of carbonyl (C=O) groups excluding carboxylic acids is 3. The molecule has 1 aliphatic carbocycles. The maximum Gasteiger partial charge on any atom is 0.414 e. The van der Waals surface area contributed by atoms with E-state index in [0.717, 1.165) is 40.3 Å². The highest BCUT2D eigenvalue weighted by molar-refractivity contribution is 7.17. The Morgan fingerprint density at radius 3 is 2.72 bits per heavy atom. The van der Waals surface area contributed by atoms with Crippen molar-refractivity contribution < 1.29 is 24.3 Å². The van der Waals surface area contributed by atoms with Gasteiger partial charge in [-0.3, -0.25) is 25.0 Å². The van der Waals surface area contributed by atoms with Crippen molar-refractivity contribution >= 4 is 51.3 Å². The average Bonchev–Trinajstić information content (AvgIpc) is 3.73. The lowest BCUT2D eigenvalue weighted by Crippen LogP contribution is -2.36. The Hall–Kier alpha value is -4.00. The fourth-order valence-corrected chi connectivity index (χ4v) is 6.66. The predicted octanol–water partition coefficient (Wildman–Crippen LogP) is 6.48. The molecule has 0 bridgehead atoms. The first kappa shape index (κ1) is 30.5. The number of anilines is 1. The number of thiophene rings is 1. The van der Waals surface area contributed by atoms with E-state index in [-0.39, 0.29) is 24.3 Å². The summed E-state index contributed by atoms with van der Waals surface area (Å²) in [6, 6.07) is 5.54. The van der Waals surface area contributed by atoms with Crippen LogP contribution in [0.3, 0.4) is 0 Å². The molecule has 2 aliphatic rings. The van der Waals surface area contributed by atoms with Gasteiger partial charge in [-0.1, -0.05) is 24.3 Å². The molecule has 1 atom stereocenters. The number of nitrogens with one attached hydrogen (secondary N) is 2. The average molecular weight is 622 g/mol. The molecule has 0 fully saturated rings. The molecule has 226 valence electrons. The van der Waals surface area contributed by atoms with Gasteiger partial charge in [0.25, 0.3) is 5.91 Å². The molecule has 0 aromatic carbocycles. The number of allylic oxidation sites excluding steroid dienone is 5. The fourth-order valence-electron chi connectivity index (χ4n) is 4.91. The van der Waals surface area contributed by atoms with Crippen LogP contribution in [-0.2, 0) is 22.5 Å². The molecule has 3 N–H and O–H groups in total. The summed E-state index contributed by atoms with van der Waals surface area (Å²) in [5.74, 6) is -0.529. The number of rotatable bonds is 8. The zero-order valence-corrected chi connectivity index (χ0v) is 26.0. The summed E-state index contributed by atoms with van der Waals surface area (Å²) in [4.78, 5) is 45.4. The zero-order chi connectivity index (χ0) is 30.6. The molecule has 4 heterocycles. The molecule has 3 aromatic rings. The lowest BCUT2D eigenvalue weighted by molar-refractivity contribution is -0.128. The van der Waals surface area contributed by atoms with E-state index in [9.17, 15) is 14.4 Å². The van der Waals surface area contributed by atoms with Gasteiger partial charge in [0.2, 0.25) is 5.91 Å². The number of hydrogen-bond acceptors (Lipinski definition) is 8. The Bertz CT molecular complexity index is 1590. The van der Waals surface area contributed by atoms with Crippen molar-refractivity contribution in [2.75, 3.05) is 11.9 Å². The second-order valence-electron chi connectivity index (χ2n) is 11.4. The minimum atomic E-state index is -0.548. The van der Waals surface area contributed by atoms with Crippen LogP contribution in [0.25, 0.3) is 16.1 Å². The van der Waals surface area contributed by atoms with Gasteiger partial charge in [-0.05, 0) is 69.7 Å². The minimum Gasteiger partial charge on any atom is -0.443 e. The van der Waals surface area contributed by atoms with Crippen LogP contribution in [0.2, 0.25) is 0 Å². The Labute approximate surface area is 258 Å². The van der Waals surface area contributed by atoms with Crippen LogP contribution < -0.4 is 10.8 Å². The van der Waals surface area contributed by atoms with E-state index in [4.69, 9.17) is 9.94 Å². The van der Waals surface area contributed by atoms with Gasteiger partial charge in [0.1, 0.15) is 5.60 Å². The first-order valence-corrected chi connectivity index (χ1v) is 15.8. The van der Waals surface area contributed by atoms with Crippen LogP contribution in [0.4, 0.5) is 9.93 Å². The second kappa shape index (κ2) is 13.1. The van der Waals surface area contributed by atoms with E-state index in [0.29, 0.717) is 29.5 Å². The number of thiazole rings is 1. The summed E-state index contributed by atoms with van der Waals surface area (Å²) < 4.78 is 7.62. The summed E-state index contributed by atoms with van der Waals surface area (Å²) in [6.07, 6.45) is 14.5. The number of amides is 3. The van der Waals surface area contributed by atoms with Crippen molar-refractivity contribution in [1.29, 1.82) is 0 Å². The van der Waals surface area contributed by atoms with Crippen LogP contribution in [0.15, 0.2) is 60.3 Å².